The van der Waals surface area contributed by atoms with Crippen LogP contribution < -0.4 is 4.74 Å². The van der Waals surface area contributed by atoms with Gasteiger partial charge in [-0.2, -0.15) is 0 Å². The lowest BCUT2D eigenvalue weighted by atomic mass is 9.77. The van der Waals surface area contributed by atoms with Gasteiger partial charge in [0.15, 0.2) is 6.29 Å². The minimum Gasteiger partial charge on any atom is -0.493 e. The van der Waals surface area contributed by atoms with E-state index in [1.165, 1.54) is 79.2 Å². The van der Waals surface area contributed by atoms with Crippen molar-refractivity contribution in [3.63, 3.8) is 0 Å². The second-order valence-corrected chi connectivity index (χ2v) is 14.1. The SMILES string of the molecule is C=C(C)C(O)OCCc1cc(-c2ccc(-c3ccc(C4CCC(CCCCC)CC4)cc3)cc2CC)ccc1OCC(C)(CO)CO. The Hall–Kier alpha value is -2.96. The topological polar surface area (TPSA) is 79.2 Å². The van der Waals surface area contributed by atoms with Crippen LogP contribution in [0.1, 0.15) is 102 Å². The van der Waals surface area contributed by atoms with Gasteiger partial charge in [-0.15, -0.1) is 0 Å². The number of unbranched alkanes of at least 4 members (excludes halogenated alkanes) is 2. The summed E-state index contributed by atoms with van der Waals surface area (Å²) in [5.41, 5.74) is 8.24. The zero-order valence-corrected chi connectivity index (χ0v) is 29.3. The van der Waals surface area contributed by atoms with Gasteiger partial charge in [0.25, 0.3) is 0 Å². The summed E-state index contributed by atoms with van der Waals surface area (Å²) in [6, 6.07) is 22.2. The van der Waals surface area contributed by atoms with Crippen LogP contribution in [0.2, 0.25) is 0 Å². The maximum absolute atomic E-state index is 10.1. The van der Waals surface area contributed by atoms with Crippen molar-refractivity contribution in [3.8, 4) is 28.0 Å². The standard InChI is InChI=1S/C42H58O5/c1-6-8-9-10-31-11-13-33(14-12-31)34-15-17-35(18-16-34)36-19-21-39(32(7-2)25-36)37-20-22-40(47-29-42(5,27-43)28-44)38(26-37)23-24-46-41(45)30(3)4/h15-22,25-26,31,33,41,43-45H,3,6-14,23-24,27-29H2,1-2,4-5H3. The molecule has 5 heteroatoms. The van der Waals surface area contributed by atoms with E-state index in [1.54, 1.807) is 13.8 Å². The number of benzene rings is 3. The molecule has 0 saturated heterocycles. The molecule has 0 heterocycles. The van der Waals surface area contributed by atoms with Gasteiger partial charge in [-0.1, -0.05) is 102 Å². The van der Waals surface area contributed by atoms with Crippen LogP contribution in [0.4, 0.5) is 0 Å². The minimum absolute atomic E-state index is 0.176. The van der Waals surface area contributed by atoms with E-state index in [0.717, 1.165) is 23.5 Å². The summed E-state index contributed by atoms with van der Waals surface area (Å²) in [6.45, 7) is 11.9. The average molecular weight is 643 g/mol. The van der Waals surface area contributed by atoms with E-state index in [4.69, 9.17) is 9.47 Å². The molecule has 1 saturated carbocycles. The zero-order valence-electron chi connectivity index (χ0n) is 29.3. The monoisotopic (exact) mass is 642 g/mol. The molecular weight excluding hydrogens is 584 g/mol. The normalized spacial score (nSPS) is 17.4. The highest BCUT2D eigenvalue weighted by Gasteiger charge is 2.25. The molecule has 1 aliphatic carbocycles. The van der Waals surface area contributed by atoms with Crippen molar-refractivity contribution in [1.29, 1.82) is 0 Å². The Morgan fingerprint density at radius 1 is 0.872 bits per heavy atom. The van der Waals surface area contributed by atoms with Crippen LogP contribution in [0.3, 0.4) is 0 Å². The van der Waals surface area contributed by atoms with E-state index in [0.29, 0.717) is 30.3 Å². The van der Waals surface area contributed by atoms with Gasteiger partial charge in [-0.25, -0.2) is 0 Å². The molecule has 4 rings (SSSR count). The lowest BCUT2D eigenvalue weighted by molar-refractivity contribution is -0.0707. The Bertz CT molecular complexity index is 1400. The van der Waals surface area contributed by atoms with Crippen LogP contribution in [0.25, 0.3) is 22.3 Å². The van der Waals surface area contributed by atoms with Crippen LogP contribution in [-0.4, -0.2) is 48.0 Å². The van der Waals surface area contributed by atoms with Crippen molar-refractivity contribution in [3.05, 3.63) is 89.5 Å². The Morgan fingerprint density at radius 3 is 2.17 bits per heavy atom. The number of ether oxygens (including phenoxy) is 2. The number of aryl methyl sites for hydroxylation is 1. The van der Waals surface area contributed by atoms with E-state index in [-0.39, 0.29) is 19.8 Å². The van der Waals surface area contributed by atoms with Crippen molar-refractivity contribution in [2.24, 2.45) is 11.3 Å². The summed E-state index contributed by atoms with van der Waals surface area (Å²) < 4.78 is 11.7. The van der Waals surface area contributed by atoms with E-state index < -0.39 is 11.7 Å². The Balaban J connectivity index is 1.50. The second-order valence-electron chi connectivity index (χ2n) is 14.1. The quantitative estimate of drug-likeness (QED) is 0.0732. The van der Waals surface area contributed by atoms with Gasteiger partial charge in [-0.3, -0.25) is 0 Å². The second kappa shape index (κ2) is 18.0. The molecule has 0 amide bonds. The molecule has 3 aromatic carbocycles. The minimum atomic E-state index is -1.02. The molecule has 0 aliphatic heterocycles. The molecule has 0 bridgehead atoms. The molecule has 1 aliphatic rings. The molecule has 5 nitrogen and oxygen atoms in total. The summed E-state index contributed by atoms with van der Waals surface area (Å²) in [5, 5.41) is 29.6. The van der Waals surface area contributed by atoms with E-state index in [1.807, 2.05) is 6.07 Å². The maximum Gasteiger partial charge on any atom is 0.176 e. The van der Waals surface area contributed by atoms with Crippen molar-refractivity contribution >= 4 is 0 Å². The Kier molecular flexibility index (Phi) is 14.1. The fourth-order valence-electron chi connectivity index (χ4n) is 6.66. The molecule has 0 spiro atoms. The zero-order chi connectivity index (χ0) is 33.8. The predicted molar refractivity (Wildman–Crippen MR) is 194 cm³/mol. The van der Waals surface area contributed by atoms with Crippen LogP contribution >= 0.6 is 0 Å². The van der Waals surface area contributed by atoms with E-state index >= 15 is 0 Å². The third kappa shape index (κ3) is 10.3. The van der Waals surface area contributed by atoms with Crippen molar-refractivity contribution in [1.82, 2.24) is 0 Å². The van der Waals surface area contributed by atoms with E-state index in [2.05, 4.69) is 75.0 Å². The fraction of sp³-hybridized carbons (Fsp3) is 0.524. The number of aliphatic hydroxyl groups excluding tert-OH is 3. The molecular formula is C42H58O5. The van der Waals surface area contributed by atoms with E-state index in [9.17, 15) is 15.3 Å². The highest BCUT2D eigenvalue weighted by molar-refractivity contribution is 5.75. The summed E-state index contributed by atoms with van der Waals surface area (Å²) in [6.07, 6.45) is 11.3. The first kappa shape index (κ1) is 36.9. The smallest absolute Gasteiger partial charge is 0.176 e. The Morgan fingerprint density at radius 2 is 1.53 bits per heavy atom. The molecule has 1 fully saturated rings. The fourth-order valence-corrected chi connectivity index (χ4v) is 6.66. The molecule has 256 valence electrons. The summed E-state index contributed by atoms with van der Waals surface area (Å²) in [7, 11) is 0. The highest BCUT2D eigenvalue weighted by atomic mass is 16.6. The van der Waals surface area contributed by atoms with Gasteiger partial charge in [0, 0.05) is 5.41 Å². The van der Waals surface area contributed by atoms with Gasteiger partial charge >= 0.3 is 0 Å². The molecule has 0 radical (unpaired) electrons. The Labute approximate surface area is 283 Å². The first-order chi connectivity index (χ1) is 22.7. The summed E-state index contributed by atoms with van der Waals surface area (Å²) >= 11 is 0. The van der Waals surface area contributed by atoms with Crippen molar-refractivity contribution in [2.75, 3.05) is 26.4 Å². The third-order valence-corrected chi connectivity index (χ3v) is 10.0. The number of hydrogen-bond acceptors (Lipinski definition) is 5. The first-order valence-electron chi connectivity index (χ1n) is 17.9. The summed E-state index contributed by atoms with van der Waals surface area (Å²) in [5.74, 6) is 2.30. The van der Waals surface area contributed by atoms with Gasteiger partial charge in [0.1, 0.15) is 5.75 Å². The van der Waals surface area contributed by atoms with Gasteiger partial charge in [0.05, 0.1) is 26.4 Å². The van der Waals surface area contributed by atoms with Crippen LogP contribution in [0.5, 0.6) is 5.75 Å². The molecule has 3 aromatic rings. The predicted octanol–water partition coefficient (Wildman–Crippen LogP) is 9.26. The first-order valence-corrected chi connectivity index (χ1v) is 17.9. The largest absolute Gasteiger partial charge is 0.493 e. The van der Waals surface area contributed by atoms with Gasteiger partial charge in [-0.05, 0) is 114 Å². The highest BCUT2D eigenvalue weighted by Crippen LogP contribution is 2.39. The van der Waals surface area contributed by atoms with Crippen molar-refractivity contribution < 1.29 is 24.8 Å². The third-order valence-electron chi connectivity index (χ3n) is 10.0. The lowest BCUT2D eigenvalue weighted by Crippen LogP contribution is -2.33. The molecule has 47 heavy (non-hydrogen) atoms. The molecule has 1 unspecified atom stereocenters. The van der Waals surface area contributed by atoms with Crippen LogP contribution in [-0.2, 0) is 17.6 Å². The molecule has 3 N–H and O–H groups in total. The number of hydrogen-bond donors (Lipinski definition) is 3. The van der Waals surface area contributed by atoms with Crippen LogP contribution in [0.15, 0.2) is 72.8 Å². The summed E-state index contributed by atoms with van der Waals surface area (Å²) in [4.78, 5) is 0. The maximum atomic E-state index is 10.1. The average Bonchev–Trinajstić information content (AvgIpc) is 3.11. The van der Waals surface area contributed by atoms with Gasteiger partial charge in [0.2, 0.25) is 0 Å². The number of rotatable bonds is 18. The van der Waals surface area contributed by atoms with Gasteiger partial charge < -0.3 is 24.8 Å². The molecule has 0 aromatic heterocycles. The van der Waals surface area contributed by atoms with Crippen molar-refractivity contribution in [2.45, 2.75) is 104 Å². The number of aliphatic hydroxyl groups is 3. The van der Waals surface area contributed by atoms with Crippen LogP contribution in [0, 0.1) is 11.3 Å². The molecule has 1 atom stereocenters. The lowest BCUT2D eigenvalue weighted by Gasteiger charge is -2.29.